The van der Waals surface area contributed by atoms with E-state index in [4.69, 9.17) is 9.47 Å². The zero-order valence-corrected chi connectivity index (χ0v) is 15.8. The fourth-order valence-electron chi connectivity index (χ4n) is 2.88. The third kappa shape index (κ3) is 4.66. The Balaban J connectivity index is 1.71. The van der Waals surface area contributed by atoms with E-state index in [0.717, 1.165) is 49.0 Å². The van der Waals surface area contributed by atoms with Crippen LogP contribution in [0.2, 0.25) is 0 Å². The Bertz CT molecular complexity index is 686. The minimum atomic E-state index is -0.220. The van der Waals surface area contributed by atoms with Crippen molar-refractivity contribution in [3.63, 3.8) is 0 Å². The Morgan fingerprint density at radius 1 is 1.27 bits per heavy atom. The van der Waals surface area contributed by atoms with Crippen molar-refractivity contribution in [1.82, 2.24) is 4.90 Å². The van der Waals surface area contributed by atoms with Crippen molar-refractivity contribution < 1.29 is 24.0 Å². The van der Waals surface area contributed by atoms with Gasteiger partial charge >= 0.3 is 0 Å². The number of benzene rings is 1. The predicted octanol–water partition coefficient (Wildman–Crippen LogP) is 1.77. The first-order chi connectivity index (χ1) is 12.7. The van der Waals surface area contributed by atoms with Crippen LogP contribution in [-0.4, -0.2) is 55.6 Å². The molecule has 3 rings (SSSR count). The Hall–Kier alpha value is -1.83. The maximum Gasteiger partial charge on any atom is 0.298 e. The number of hydrogen-bond acceptors (Lipinski definition) is 5. The topological polar surface area (TPSA) is 60.3 Å². The van der Waals surface area contributed by atoms with Gasteiger partial charge in [-0.15, -0.1) is 0 Å². The van der Waals surface area contributed by atoms with Gasteiger partial charge in [-0.2, -0.15) is 0 Å². The molecule has 2 saturated heterocycles. The Kier molecular flexibility index (Phi) is 6.71. The number of quaternary nitrogens is 1. The first-order valence-electron chi connectivity index (χ1n) is 9.07. The van der Waals surface area contributed by atoms with Gasteiger partial charge < -0.3 is 14.4 Å². The molecule has 2 amide bonds. The van der Waals surface area contributed by atoms with Gasteiger partial charge in [0.05, 0.1) is 24.7 Å². The molecule has 6 nitrogen and oxygen atoms in total. The lowest BCUT2D eigenvalue weighted by atomic mass is 10.2. The molecule has 0 unspecified atom stereocenters. The highest BCUT2D eigenvalue weighted by atomic mass is 32.2. The first kappa shape index (κ1) is 18.9. The van der Waals surface area contributed by atoms with E-state index in [2.05, 4.69) is 6.92 Å². The van der Waals surface area contributed by atoms with E-state index in [1.54, 1.807) is 6.08 Å². The van der Waals surface area contributed by atoms with Gasteiger partial charge in [-0.25, -0.2) is 4.90 Å². The highest BCUT2D eigenvalue weighted by Gasteiger charge is 2.37. The van der Waals surface area contributed by atoms with Crippen LogP contribution in [0.4, 0.5) is 4.79 Å². The predicted molar refractivity (Wildman–Crippen MR) is 101 cm³/mol. The molecule has 1 aromatic carbocycles. The molecule has 2 fully saturated rings. The highest BCUT2D eigenvalue weighted by molar-refractivity contribution is 8.18. The van der Waals surface area contributed by atoms with E-state index in [0.29, 0.717) is 31.4 Å². The minimum absolute atomic E-state index is 0.204. The summed E-state index contributed by atoms with van der Waals surface area (Å²) in [6.07, 6.45) is 3.80. The lowest BCUT2D eigenvalue weighted by Gasteiger charge is -2.26. The standard InChI is InChI=1S/C19H24N2O4S/c1-2-3-10-25-16-7-5-4-6-15(16)13-17-18(22)21(19(23)26-17)14-20-8-11-24-12-9-20/h4-7,13H,2-3,8-12,14H2,1H3/p+1. The Morgan fingerprint density at radius 3 is 2.81 bits per heavy atom. The third-order valence-electron chi connectivity index (χ3n) is 4.42. The molecule has 0 spiro atoms. The molecule has 0 aromatic heterocycles. The molecule has 0 bridgehead atoms. The van der Waals surface area contributed by atoms with Crippen molar-refractivity contribution in [1.29, 1.82) is 0 Å². The van der Waals surface area contributed by atoms with Crippen LogP contribution in [0, 0.1) is 0 Å². The molecule has 2 heterocycles. The van der Waals surface area contributed by atoms with Crippen molar-refractivity contribution >= 4 is 29.0 Å². The number of carbonyl (C=O) groups excluding carboxylic acids is 2. The summed E-state index contributed by atoms with van der Waals surface area (Å²) in [4.78, 5) is 28.0. The maximum atomic E-state index is 12.7. The van der Waals surface area contributed by atoms with Crippen molar-refractivity contribution in [3.05, 3.63) is 34.7 Å². The van der Waals surface area contributed by atoms with Gasteiger partial charge in [0, 0.05) is 5.56 Å². The zero-order valence-electron chi connectivity index (χ0n) is 15.0. The van der Waals surface area contributed by atoms with Crippen LogP contribution in [0.3, 0.4) is 0 Å². The van der Waals surface area contributed by atoms with Crippen LogP contribution in [0.5, 0.6) is 5.75 Å². The number of hydrogen-bond donors (Lipinski definition) is 1. The lowest BCUT2D eigenvalue weighted by molar-refractivity contribution is -0.915. The van der Waals surface area contributed by atoms with Gasteiger partial charge in [-0.3, -0.25) is 9.59 Å². The molecular formula is C19H25N2O4S+. The fraction of sp³-hybridized carbons (Fsp3) is 0.474. The van der Waals surface area contributed by atoms with E-state index < -0.39 is 0 Å². The number of nitrogens with one attached hydrogen (secondary N) is 1. The van der Waals surface area contributed by atoms with Gasteiger partial charge in [-0.1, -0.05) is 31.5 Å². The van der Waals surface area contributed by atoms with Crippen LogP contribution in [-0.2, 0) is 9.53 Å². The number of carbonyl (C=O) groups is 2. The summed E-state index contributed by atoms with van der Waals surface area (Å²) in [6, 6.07) is 7.61. The van der Waals surface area contributed by atoms with Crippen LogP contribution in [0.25, 0.3) is 6.08 Å². The molecule has 7 heteroatoms. The average Bonchev–Trinajstić information content (AvgIpc) is 2.92. The largest absolute Gasteiger partial charge is 0.493 e. The molecular weight excluding hydrogens is 352 g/mol. The number of morpholine rings is 1. The van der Waals surface area contributed by atoms with E-state index in [-0.39, 0.29) is 11.1 Å². The molecule has 2 aliphatic heterocycles. The second kappa shape index (κ2) is 9.21. The summed E-state index contributed by atoms with van der Waals surface area (Å²) in [5.41, 5.74) is 0.827. The van der Waals surface area contributed by atoms with Crippen molar-refractivity contribution in [3.8, 4) is 5.75 Å². The molecule has 1 aromatic rings. The second-order valence-corrected chi connectivity index (χ2v) is 7.36. The maximum absolute atomic E-state index is 12.7. The van der Waals surface area contributed by atoms with E-state index >= 15 is 0 Å². The molecule has 0 saturated carbocycles. The van der Waals surface area contributed by atoms with Gasteiger partial charge in [0.2, 0.25) is 0 Å². The van der Waals surface area contributed by atoms with Gasteiger partial charge in [0.15, 0.2) is 6.67 Å². The van der Waals surface area contributed by atoms with Crippen molar-refractivity contribution in [2.45, 2.75) is 19.8 Å². The molecule has 0 atom stereocenters. The molecule has 1 N–H and O–H groups in total. The number of thioether (sulfide) groups is 1. The molecule has 2 aliphatic rings. The normalized spacial score (nSPS) is 20.2. The molecule has 0 radical (unpaired) electrons. The Morgan fingerprint density at radius 2 is 2.04 bits per heavy atom. The number of rotatable bonds is 7. The van der Waals surface area contributed by atoms with E-state index in [1.165, 1.54) is 9.80 Å². The second-order valence-electron chi connectivity index (χ2n) is 6.37. The van der Waals surface area contributed by atoms with Crippen LogP contribution in [0.15, 0.2) is 29.2 Å². The number of para-hydroxylation sites is 1. The SMILES string of the molecule is CCCCOc1ccccc1C=C1SC(=O)N(C[NH+]2CCOCC2)C1=O. The summed E-state index contributed by atoms with van der Waals surface area (Å²) in [5.74, 6) is 0.522. The summed E-state index contributed by atoms with van der Waals surface area (Å²) in [6.45, 7) is 6.13. The number of imide groups is 1. The quantitative estimate of drug-likeness (QED) is 0.580. The van der Waals surface area contributed by atoms with Crippen LogP contribution < -0.4 is 9.64 Å². The lowest BCUT2D eigenvalue weighted by Crippen LogP contribution is -3.15. The van der Waals surface area contributed by atoms with Gasteiger partial charge in [-0.05, 0) is 30.3 Å². The number of amides is 2. The number of nitrogens with zero attached hydrogens (tertiary/aromatic N) is 1. The zero-order chi connectivity index (χ0) is 18.4. The van der Waals surface area contributed by atoms with Crippen molar-refractivity contribution in [2.75, 3.05) is 39.6 Å². The van der Waals surface area contributed by atoms with E-state index in [1.807, 2.05) is 24.3 Å². The molecule has 26 heavy (non-hydrogen) atoms. The fourth-order valence-corrected chi connectivity index (χ4v) is 3.71. The summed E-state index contributed by atoms with van der Waals surface area (Å²) in [7, 11) is 0. The van der Waals surface area contributed by atoms with Crippen LogP contribution in [0.1, 0.15) is 25.3 Å². The summed E-state index contributed by atoms with van der Waals surface area (Å²) >= 11 is 1.00. The molecule has 140 valence electrons. The number of unbranched alkanes of at least 4 members (excludes halogenated alkanes) is 1. The Labute approximate surface area is 158 Å². The smallest absolute Gasteiger partial charge is 0.298 e. The van der Waals surface area contributed by atoms with Crippen molar-refractivity contribution in [2.24, 2.45) is 0 Å². The third-order valence-corrected chi connectivity index (χ3v) is 5.32. The monoisotopic (exact) mass is 377 g/mol. The van der Waals surface area contributed by atoms with E-state index in [9.17, 15) is 9.59 Å². The first-order valence-corrected chi connectivity index (χ1v) is 9.89. The van der Waals surface area contributed by atoms with Gasteiger partial charge in [0.1, 0.15) is 18.8 Å². The van der Waals surface area contributed by atoms with Crippen LogP contribution >= 0.6 is 11.8 Å². The average molecular weight is 377 g/mol. The minimum Gasteiger partial charge on any atom is -0.493 e. The number of ether oxygens (including phenoxy) is 2. The summed E-state index contributed by atoms with van der Waals surface area (Å²) in [5, 5.41) is -0.204. The summed E-state index contributed by atoms with van der Waals surface area (Å²) < 4.78 is 11.1. The molecule has 0 aliphatic carbocycles. The van der Waals surface area contributed by atoms with Gasteiger partial charge in [0.25, 0.3) is 11.1 Å². The highest BCUT2D eigenvalue weighted by Crippen LogP contribution is 2.33.